The van der Waals surface area contributed by atoms with Gasteiger partial charge in [0, 0.05) is 0 Å². The van der Waals surface area contributed by atoms with Crippen LogP contribution in [0.4, 0.5) is 5.69 Å². The van der Waals surface area contributed by atoms with Crippen LogP contribution in [0.1, 0.15) is 18.1 Å². The van der Waals surface area contributed by atoms with Gasteiger partial charge in [-0.1, -0.05) is 48.5 Å². The van der Waals surface area contributed by atoms with E-state index >= 15 is 0 Å². The third-order valence-electron chi connectivity index (χ3n) is 4.95. The molecule has 0 saturated heterocycles. The Morgan fingerprint density at radius 3 is 2.36 bits per heavy atom. The van der Waals surface area contributed by atoms with Crippen molar-refractivity contribution < 1.29 is 22.7 Å². The number of carbonyl (C=O) groups is 1. The SMILES string of the molecule is CCOc1ccccc1NC(=O)[C@H](Cc1ccccc1)NS(=O)(=O)c1cc(C)ccc1OC. The minimum atomic E-state index is -4.07. The summed E-state index contributed by atoms with van der Waals surface area (Å²) in [5.74, 6) is 0.213. The summed E-state index contributed by atoms with van der Waals surface area (Å²) in [5, 5.41) is 2.81. The highest BCUT2D eigenvalue weighted by Crippen LogP contribution is 2.26. The lowest BCUT2D eigenvalue weighted by Gasteiger charge is -2.20. The number of hydrogen-bond donors (Lipinski definition) is 2. The van der Waals surface area contributed by atoms with Crippen molar-refractivity contribution in [2.45, 2.75) is 31.2 Å². The number of hydrogen-bond acceptors (Lipinski definition) is 5. The van der Waals surface area contributed by atoms with Gasteiger partial charge < -0.3 is 14.8 Å². The van der Waals surface area contributed by atoms with E-state index in [0.29, 0.717) is 18.0 Å². The number of amides is 1. The van der Waals surface area contributed by atoms with E-state index in [-0.39, 0.29) is 17.1 Å². The van der Waals surface area contributed by atoms with Crippen LogP contribution in [0.15, 0.2) is 77.7 Å². The summed E-state index contributed by atoms with van der Waals surface area (Å²) < 4.78 is 40.0. The predicted molar refractivity (Wildman–Crippen MR) is 128 cm³/mol. The van der Waals surface area contributed by atoms with Crippen LogP contribution in [-0.2, 0) is 21.2 Å². The summed E-state index contributed by atoms with van der Waals surface area (Å²) in [6, 6.07) is 20.0. The zero-order chi connectivity index (χ0) is 23.8. The minimum absolute atomic E-state index is 0.0226. The van der Waals surface area contributed by atoms with Crippen LogP contribution in [0.5, 0.6) is 11.5 Å². The van der Waals surface area contributed by atoms with Crippen LogP contribution in [0.2, 0.25) is 0 Å². The average Bonchev–Trinajstić information content (AvgIpc) is 2.80. The Hall–Kier alpha value is -3.36. The predicted octanol–water partition coefficient (Wildman–Crippen LogP) is 3.93. The molecule has 1 amide bonds. The van der Waals surface area contributed by atoms with E-state index in [1.54, 1.807) is 43.3 Å². The molecule has 3 rings (SSSR count). The van der Waals surface area contributed by atoms with Gasteiger partial charge in [0.05, 0.1) is 19.4 Å². The number of benzene rings is 3. The molecule has 0 aliphatic rings. The van der Waals surface area contributed by atoms with Gasteiger partial charge in [0.25, 0.3) is 0 Å². The molecule has 33 heavy (non-hydrogen) atoms. The number of para-hydroxylation sites is 2. The van der Waals surface area contributed by atoms with Crippen molar-refractivity contribution in [2.24, 2.45) is 0 Å². The van der Waals surface area contributed by atoms with Crippen molar-refractivity contribution in [1.82, 2.24) is 4.72 Å². The number of ether oxygens (including phenoxy) is 2. The van der Waals surface area contributed by atoms with Gasteiger partial charge in [-0.3, -0.25) is 4.79 Å². The van der Waals surface area contributed by atoms with Crippen LogP contribution < -0.4 is 19.5 Å². The molecule has 8 heteroatoms. The van der Waals surface area contributed by atoms with E-state index in [0.717, 1.165) is 11.1 Å². The molecule has 0 bridgehead atoms. The Labute approximate surface area is 194 Å². The van der Waals surface area contributed by atoms with Crippen molar-refractivity contribution in [3.05, 3.63) is 83.9 Å². The molecular formula is C25H28N2O5S. The van der Waals surface area contributed by atoms with Crippen molar-refractivity contribution in [3.8, 4) is 11.5 Å². The zero-order valence-electron chi connectivity index (χ0n) is 18.9. The van der Waals surface area contributed by atoms with Gasteiger partial charge in [0.2, 0.25) is 15.9 Å². The van der Waals surface area contributed by atoms with Gasteiger partial charge >= 0.3 is 0 Å². The summed E-state index contributed by atoms with van der Waals surface area (Å²) >= 11 is 0. The Morgan fingerprint density at radius 2 is 1.67 bits per heavy atom. The first-order chi connectivity index (χ1) is 15.8. The Bertz CT molecular complexity index is 1200. The average molecular weight is 469 g/mol. The number of aryl methyl sites for hydroxylation is 1. The summed E-state index contributed by atoms with van der Waals surface area (Å²) in [6.07, 6.45) is 0.164. The second-order valence-corrected chi connectivity index (χ2v) is 9.12. The zero-order valence-corrected chi connectivity index (χ0v) is 19.7. The second-order valence-electron chi connectivity index (χ2n) is 7.44. The summed E-state index contributed by atoms with van der Waals surface area (Å²) in [7, 11) is -2.66. The summed E-state index contributed by atoms with van der Waals surface area (Å²) in [5.41, 5.74) is 2.04. The first-order valence-corrected chi connectivity index (χ1v) is 12.1. The highest BCUT2D eigenvalue weighted by molar-refractivity contribution is 7.89. The van der Waals surface area contributed by atoms with Gasteiger partial charge in [0.15, 0.2) is 0 Å². The molecule has 3 aromatic rings. The van der Waals surface area contributed by atoms with Crippen molar-refractivity contribution in [2.75, 3.05) is 19.0 Å². The van der Waals surface area contributed by atoms with E-state index in [9.17, 15) is 13.2 Å². The Kier molecular flexibility index (Phi) is 8.08. The topological polar surface area (TPSA) is 93.7 Å². The number of carbonyl (C=O) groups excluding carboxylic acids is 1. The fraction of sp³-hybridized carbons (Fsp3) is 0.240. The van der Waals surface area contributed by atoms with E-state index in [1.807, 2.05) is 37.3 Å². The maximum atomic E-state index is 13.3. The van der Waals surface area contributed by atoms with Crippen LogP contribution in [0.3, 0.4) is 0 Å². The van der Waals surface area contributed by atoms with Crippen LogP contribution >= 0.6 is 0 Å². The normalized spacial score (nSPS) is 12.1. The lowest BCUT2D eigenvalue weighted by Crippen LogP contribution is -2.45. The molecular weight excluding hydrogens is 440 g/mol. The molecule has 2 N–H and O–H groups in total. The quantitative estimate of drug-likeness (QED) is 0.470. The molecule has 0 radical (unpaired) electrons. The van der Waals surface area contributed by atoms with E-state index in [1.165, 1.54) is 13.2 Å². The third kappa shape index (κ3) is 6.34. The minimum Gasteiger partial charge on any atom is -0.495 e. The van der Waals surface area contributed by atoms with Crippen LogP contribution in [0, 0.1) is 6.92 Å². The molecule has 174 valence electrons. The summed E-state index contributed by atoms with van der Waals surface area (Å²) in [6.45, 7) is 4.07. The summed E-state index contributed by atoms with van der Waals surface area (Å²) in [4.78, 5) is 13.3. The maximum absolute atomic E-state index is 13.3. The molecule has 0 aromatic heterocycles. The lowest BCUT2D eigenvalue weighted by atomic mass is 10.1. The molecule has 0 spiro atoms. The molecule has 0 unspecified atom stereocenters. The molecule has 0 aliphatic heterocycles. The number of anilines is 1. The van der Waals surface area contributed by atoms with Gasteiger partial charge in [-0.25, -0.2) is 8.42 Å². The fourth-order valence-electron chi connectivity index (χ4n) is 3.35. The molecule has 1 atom stereocenters. The molecule has 3 aromatic carbocycles. The molecule has 0 fully saturated rings. The van der Waals surface area contributed by atoms with E-state index < -0.39 is 22.0 Å². The van der Waals surface area contributed by atoms with Crippen LogP contribution in [-0.4, -0.2) is 34.1 Å². The van der Waals surface area contributed by atoms with Crippen LogP contribution in [0.25, 0.3) is 0 Å². The van der Waals surface area contributed by atoms with Gasteiger partial charge in [0.1, 0.15) is 22.4 Å². The monoisotopic (exact) mass is 468 g/mol. The number of methoxy groups -OCH3 is 1. The van der Waals surface area contributed by atoms with Crippen molar-refractivity contribution in [1.29, 1.82) is 0 Å². The van der Waals surface area contributed by atoms with Gasteiger partial charge in [-0.05, 0) is 55.7 Å². The Morgan fingerprint density at radius 1 is 0.970 bits per heavy atom. The largest absolute Gasteiger partial charge is 0.495 e. The Balaban J connectivity index is 1.93. The highest BCUT2D eigenvalue weighted by atomic mass is 32.2. The third-order valence-corrected chi connectivity index (χ3v) is 6.44. The number of nitrogens with one attached hydrogen (secondary N) is 2. The van der Waals surface area contributed by atoms with Crippen molar-refractivity contribution >= 4 is 21.6 Å². The second kappa shape index (κ2) is 11.0. The molecule has 0 saturated carbocycles. The first-order valence-electron chi connectivity index (χ1n) is 10.6. The molecule has 7 nitrogen and oxygen atoms in total. The van der Waals surface area contributed by atoms with E-state index in [4.69, 9.17) is 9.47 Å². The first kappa shape index (κ1) is 24.3. The maximum Gasteiger partial charge on any atom is 0.245 e. The van der Waals surface area contributed by atoms with Crippen molar-refractivity contribution in [3.63, 3.8) is 0 Å². The smallest absolute Gasteiger partial charge is 0.245 e. The van der Waals surface area contributed by atoms with Gasteiger partial charge in [-0.2, -0.15) is 4.72 Å². The molecule has 0 heterocycles. The van der Waals surface area contributed by atoms with E-state index in [2.05, 4.69) is 10.0 Å². The fourth-order valence-corrected chi connectivity index (χ4v) is 4.80. The highest BCUT2D eigenvalue weighted by Gasteiger charge is 2.29. The standard InChI is InChI=1S/C25H28N2O5S/c1-4-32-22-13-9-8-12-20(22)26-25(28)21(17-19-10-6-5-7-11-19)27-33(29,30)24-16-18(2)14-15-23(24)31-3/h5-16,21,27H,4,17H2,1-3H3,(H,26,28)/t21-/m0/s1. The number of rotatable bonds is 10. The number of sulfonamides is 1. The lowest BCUT2D eigenvalue weighted by molar-refractivity contribution is -0.117. The molecule has 0 aliphatic carbocycles. The van der Waals surface area contributed by atoms with Gasteiger partial charge in [-0.15, -0.1) is 0 Å².